The molecule has 4 nitrogen and oxygen atoms in total. The van der Waals surface area contributed by atoms with Crippen molar-refractivity contribution < 1.29 is 4.79 Å². The summed E-state index contributed by atoms with van der Waals surface area (Å²) in [5, 5.41) is 0. The number of nitrogens with zero attached hydrogens (tertiary/aromatic N) is 3. The first-order valence-electron chi connectivity index (χ1n) is 10.8. The van der Waals surface area contributed by atoms with E-state index in [-0.39, 0.29) is 5.91 Å². The average molecular weight is 402 g/mol. The summed E-state index contributed by atoms with van der Waals surface area (Å²) in [7, 11) is 0. The number of para-hydroxylation sites is 1. The smallest absolute Gasteiger partial charge is 0.270 e. The number of piperazine rings is 1. The Hall–Kier alpha value is -3.01. The molecule has 2 aromatic carbocycles. The molecule has 1 saturated heterocycles. The van der Waals surface area contributed by atoms with Crippen LogP contribution in [0.25, 0.3) is 0 Å². The second-order valence-electron chi connectivity index (χ2n) is 8.45. The Bertz CT molecular complexity index is 1040. The van der Waals surface area contributed by atoms with Gasteiger partial charge in [-0.3, -0.25) is 4.79 Å². The molecule has 0 spiro atoms. The second-order valence-corrected chi connectivity index (χ2v) is 8.45. The van der Waals surface area contributed by atoms with E-state index in [9.17, 15) is 4.79 Å². The highest BCUT2D eigenvalue weighted by molar-refractivity contribution is 5.94. The van der Waals surface area contributed by atoms with Crippen LogP contribution in [0.2, 0.25) is 0 Å². The maximum atomic E-state index is 13.5. The van der Waals surface area contributed by atoms with E-state index < -0.39 is 0 Å². The fourth-order valence-electron chi connectivity index (χ4n) is 4.43. The number of benzene rings is 2. The lowest BCUT2D eigenvalue weighted by atomic mass is 10.1. The van der Waals surface area contributed by atoms with E-state index in [1.54, 1.807) is 0 Å². The first-order valence-corrected chi connectivity index (χ1v) is 10.8. The highest BCUT2D eigenvalue weighted by atomic mass is 16.2. The lowest BCUT2D eigenvalue weighted by molar-refractivity contribution is 0.0735. The minimum atomic E-state index is 0.150. The van der Waals surface area contributed by atoms with Crippen LogP contribution in [0.1, 0.15) is 38.4 Å². The van der Waals surface area contributed by atoms with Crippen molar-refractivity contribution in [1.29, 1.82) is 0 Å². The molecular weight excluding hydrogens is 370 g/mol. The third-order valence-electron chi connectivity index (χ3n) is 6.18. The molecule has 3 aromatic rings. The molecule has 1 amide bonds. The topological polar surface area (TPSA) is 28.5 Å². The zero-order valence-electron chi connectivity index (χ0n) is 18.5. The van der Waals surface area contributed by atoms with E-state index in [4.69, 9.17) is 0 Å². The monoisotopic (exact) mass is 401 g/mol. The Balaban J connectivity index is 1.51. The van der Waals surface area contributed by atoms with Gasteiger partial charge in [0.15, 0.2) is 0 Å². The van der Waals surface area contributed by atoms with E-state index in [0.717, 1.165) is 49.7 Å². The van der Waals surface area contributed by atoms with E-state index in [2.05, 4.69) is 91.8 Å². The van der Waals surface area contributed by atoms with Crippen molar-refractivity contribution in [3.63, 3.8) is 0 Å². The number of anilines is 1. The number of aryl methyl sites for hydroxylation is 4. The zero-order chi connectivity index (χ0) is 21.3. The fraction of sp³-hybridized carbons (Fsp3) is 0.346. The lowest BCUT2D eigenvalue weighted by Crippen LogP contribution is -2.49. The molecule has 2 heterocycles. The van der Waals surface area contributed by atoms with Crippen molar-refractivity contribution in [2.24, 2.45) is 0 Å². The Morgan fingerprint density at radius 2 is 1.50 bits per heavy atom. The third kappa shape index (κ3) is 4.00. The van der Waals surface area contributed by atoms with Crippen LogP contribution in [-0.2, 0) is 6.54 Å². The van der Waals surface area contributed by atoms with Crippen molar-refractivity contribution in [3.8, 4) is 0 Å². The van der Waals surface area contributed by atoms with Crippen LogP contribution in [0.4, 0.5) is 5.69 Å². The van der Waals surface area contributed by atoms with E-state index in [1.807, 2.05) is 4.90 Å². The number of carbonyl (C=O) groups excluding carboxylic acids is 1. The summed E-state index contributed by atoms with van der Waals surface area (Å²) in [5.41, 5.74) is 8.06. The first kappa shape index (κ1) is 20.3. The van der Waals surface area contributed by atoms with Crippen molar-refractivity contribution in [1.82, 2.24) is 9.47 Å². The SMILES string of the molecule is Cc1ccc(Cn2c(C)cc(C)c2C(=O)N2CCN(c3ccccc3C)CC2)cc1. The van der Waals surface area contributed by atoms with Crippen LogP contribution in [0.15, 0.2) is 54.6 Å². The van der Waals surface area contributed by atoms with Gasteiger partial charge < -0.3 is 14.4 Å². The average Bonchev–Trinajstić information content (AvgIpc) is 3.02. The number of rotatable bonds is 4. The predicted molar refractivity (Wildman–Crippen MR) is 123 cm³/mol. The summed E-state index contributed by atoms with van der Waals surface area (Å²) in [6.07, 6.45) is 0. The Kier molecular flexibility index (Phi) is 5.67. The summed E-state index contributed by atoms with van der Waals surface area (Å²) in [6, 6.07) is 19.2. The summed E-state index contributed by atoms with van der Waals surface area (Å²) in [4.78, 5) is 17.9. The van der Waals surface area contributed by atoms with Crippen molar-refractivity contribution in [2.45, 2.75) is 34.2 Å². The van der Waals surface area contributed by atoms with Crippen molar-refractivity contribution in [2.75, 3.05) is 31.1 Å². The number of amides is 1. The molecule has 0 bridgehead atoms. The minimum absolute atomic E-state index is 0.150. The van der Waals surface area contributed by atoms with Gasteiger partial charge in [0.25, 0.3) is 5.91 Å². The number of aromatic nitrogens is 1. The molecule has 0 atom stereocenters. The maximum Gasteiger partial charge on any atom is 0.270 e. The Morgan fingerprint density at radius 3 is 2.17 bits per heavy atom. The van der Waals surface area contributed by atoms with E-state index >= 15 is 0 Å². The van der Waals surface area contributed by atoms with Crippen LogP contribution < -0.4 is 4.90 Å². The van der Waals surface area contributed by atoms with Crippen LogP contribution in [-0.4, -0.2) is 41.6 Å². The molecule has 1 aliphatic heterocycles. The fourth-order valence-corrected chi connectivity index (χ4v) is 4.43. The maximum absolute atomic E-state index is 13.5. The van der Waals surface area contributed by atoms with E-state index in [0.29, 0.717) is 0 Å². The molecule has 30 heavy (non-hydrogen) atoms. The van der Waals surface area contributed by atoms with Crippen molar-refractivity contribution >= 4 is 11.6 Å². The predicted octanol–water partition coefficient (Wildman–Crippen LogP) is 4.73. The van der Waals surface area contributed by atoms with Crippen LogP contribution in [0.5, 0.6) is 0 Å². The molecule has 1 aliphatic rings. The zero-order valence-corrected chi connectivity index (χ0v) is 18.5. The molecule has 4 heteroatoms. The standard InChI is InChI=1S/C26H31N3O/c1-19-9-11-23(12-10-19)18-29-22(4)17-21(3)25(29)26(30)28-15-13-27(14-16-28)24-8-6-5-7-20(24)2/h5-12,17H,13-16,18H2,1-4H3. The highest BCUT2D eigenvalue weighted by Gasteiger charge is 2.27. The summed E-state index contributed by atoms with van der Waals surface area (Å²) in [6.45, 7) is 12.4. The normalized spacial score (nSPS) is 14.3. The molecule has 1 aromatic heterocycles. The number of hydrogen-bond acceptors (Lipinski definition) is 2. The highest BCUT2D eigenvalue weighted by Crippen LogP contribution is 2.23. The number of carbonyl (C=O) groups is 1. The Morgan fingerprint density at radius 1 is 0.833 bits per heavy atom. The molecule has 4 rings (SSSR count). The van der Waals surface area contributed by atoms with Crippen LogP contribution in [0, 0.1) is 27.7 Å². The van der Waals surface area contributed by atoms with Gasteiger partial charge >= 0.3 is 0 Å². The minimum Gasteiger partial charge on any atom is -0.368 e. The first-order chi connectivity index (χ1) is 14.4. The van der Waals surface area contributed by atoms with Gasteiger partial charge in [-0.25, -0.2) is 0 Å². The molecule has 1 fully saturated rings. The van der Waals surface area contributed by atoms with Gasteiger partial charge in [-0.15, -0.1) is 0 Å². The lowest BCUT2D eigenvalue weighted by Gasteiger charge is -2.37. The molecule has 156 valence electrons. The quantitative estimate of drug-likeness (QED) is 0.632. The number of hydrogen-bond donors (Lipinski definition) is 0. The third-order valence-corrected chi connectivity index (χ3v) is 6.18. The molecule has 0 aliphatic carbocycles. The van der Waals surface area contributed by atoms with Crippen LogP contribution >= 0.6 is 0 Å². The van der Waals surface area contributed by atoms with Gasteiger partial charge in [0.1, 0.15) is 5.69 Å². The van der Waals surface area contributed by atoms with Gasteiger partial charge in [-0.05, 0) is 56.5 Å². The summed E-state index contributed by atoms with van der Waals surface area (Å²) >= 11 is 0. The Labute approximate surface area is 179 Å². The molecule has 0 saturated carbocycles. The molecular formula is C26H31N3O. The van der Waals surface area contributed by atoms with Crippen LogP contribution in [0.3, 0.4) is 0 Å². The molecule has 0 N–H and O–H groups in total. The van der Waals surface area contributed by atoms with Gasteiger partial charge in [0.05, 0.1) is 0 Å². The molecule has 0 radical (unpaired) electrons. The summed E-state index contributed by atoms with van der Waals surface area (Å²) < 4.78 is 2.18. The molecule has 0 unspecified atom stereocenters. The summed E-state index contributed by atoms with van der Waals surface area (Å²) in [5.74, 6) is 0.150. The van der Waals surface area contributed by atoms with Gasteiger partial charge in [0.2, 0.25) is 0 Å². The van der Waals surface area contributed by atoms with Gasteiger partial charge in [-0.2, -0.15) is 0 Å². The second kappa shape index (κ2) is 8.39. The van der Waals surface area contributed by atoms with Crippen molar-refractivity contribution in [3.05, 3.63) is 88.2 Å². The van der Waals surface area contributed by atoms with Gasteiger partial charge in [0, 0.05) is 44.1 Å². The van der Waals surface area contributed by atoms with Gasteiger partial charge in [-0.1, -0.05) is 48.0 Å². The van der Waals surface area contributed by atoms with E-state index in [1.165, 1.54) is 22.4 Å². The largest absolute Gasteiger partial charge is 0.368 e.